The van der Waals surface area contributed by atoms with Crippen molar-refractivity contribution in [2.45, 2.75) is 17.9 Å². The van der Waals surface area contributed by atoms with Crippen molar-refractivity contribution in [3.05, 3.63) is 64.2 Å². The summed E-state index contributed by atoms with van der Waals surface area (Å²) in [6, 6.07) is 10.4. The lowest BCUT2D eigenvalue weighted by molar-refractivity contribution is -0.384. The molecule has 2 rings (SSSR count). The molecule has 0 aromatic heterocycles. The second kappa shape index (κ2) is 7.99. The molecule has 2 aromatic rings. The van der Waals surface area contributed by atoms with Crippen LogP contribution >= 0.6 is 0 Å². The molecule has 0 atom stereocenters. The number of nitro benzene ring substituents is 1. The first-order valence-corrected chi connectivity index (χ1v) is 8.54. The maximum atomic E-state index is 12.1. The maximum absolute atomic E-state index is 12.1. The lowest BCUT2D eigenvalue weighted by Crippen LogP contribution is -2.26. The molecule has 0 spiro atoms. The van der Waals surface area contributed by atoms with E-state index < -0.39 is 21.6 Å². The van der Waals surface area contributed by atoms with Crippen molar-refractivity contribution in [3.8, 4) is 5.75 Å². The van der Waals surface area contributed by atoms with E-state index in [1.165, 1.54) is 12.1 Å². The highest BCUT2D eigenvalue weighted by Gasteiger charge is 2.15. The largest absolute Gasteiger partial charge is 0.435 e. The minimum atomic E-state index is -3.79. The number of hydrogen-bond donors (Lipinski definition) is 1. The van der Waals surface area contributed by atoms with E-state index in [4.69, 9.17) is 0 Å². The predicted octanol–water partition coefficient (Wildman–Crippen LogP) is 2.72. The zero-order valence-corrected chi connectivity index (χ0v) is 13.6. The van der Waals surface area contributed by atoms with Gasteiger partial charge in [0.15, 0.2) is 0 Å². The van der Waals surface area contributed by atoms with Gasteiger partial charge in [-0.05, 0) is 36.2 Å². The summed E-state index contributed by atoms with van der Waals surface area (Å²) in [6.45, 7) is -2.83. The van der Waals surface area contributed by atoms with Gasteiger partial charge in [0.05, 0.1) is 9.82 Å². The Hall–Kier alpha value is -2.59. The third kappa shape index (κ3) is 5.47. The summed E-state index contributed by atoms with van der Waals surface area (Å²) in [6.07, 6.45) is 0.334. The van der Waals surface area contributed by atoms with Crippen molar-refractivity contribution in [1.29, 1.82) is 0 Å². The third-order valence-corrected chi connectivity index (χ3v) is 4.69. The van der Waals surface area contributed by atoms with Crippen LogP contribution in [0.15, 0.2) is 53.4 Å². The summed E-state index contributed by atoms with van der Waals surface area (Å²) in [5, 5.41) is 10.6. The molecule has 25 heavy (non-hydrogen) atoms. The van der Waals surface area contributed by atoms with Crippen LogP contribution < -0.4 is 9.46 Å². The molecule has 10 heteroatoms. The molecule has 0 aliphatic heterocycles. The molecule has 0 saturated carbocycles. The number of rotatable bonds is 8. The Labute approximate surface area is 142 Å². The van der Waals surface area contributed by atoms with Gasteiger partial charge in [-0.25, -0.2) is 13.1 Å². The lowest BCUT2D eigenvalue weighted by atomic mass is 10.1. The zero-order valence-electron chi connectivity index (χ0n) is 12.8. The molecule has 0 aliphatic carbocycles. The van der Waals surface area contributed by atoms with Gasteiger partial charge >= 0.3 is 6.61 Å². The zero-order chi connectivity index (χ0) is 18.4. The van der Waals surface area contributed by atoms with Crippen LogP contribution in [0.4, 0.5) is 14.5 Å². The standard InChI is InChI=1S/C15H14F2N2O5S/c16-15(17)24-13-5-1-11(2-6-13)9-10-18-25(22,23)14-7-3-12(4-8-14)19(20)21/h1-8,15,18H,9-10H2. The summed E-state index contributed by atoms with van der Waals surface area (Å²) in [7, 11) is -3.79. The predicted molar refractivity (Wildman–Crippen MR) is 85.1 cm³/mol. The van der Waals surface area contributed by atoms with Gasteiger partial charge in [-0.3, -0.25) is 10.1 Å². The molecule has 0 unspecified atom stereocenters. The van der Waals surface area contributed by atoms with Crippen LogP contribution in [0.5, 0.6) is 5.75 Å². The first-order valence-electron chi connectivity index (χ1n) is 7.06. The summed E-state index contributed by atoms with van der Waals surface area (Å²) in [5.74, 6) is 0.0187. The maximum Gasteiger partial charge on any atom is 0.387 e. The van der Waals surface area contributed by atoms with Crippen LogP contribution in [0.2, 0.25) is 0 Å². The fourth-order valence-corrected chi connectivity index (χ4v) is 3.03. The molecule has 0 saturated heterocycles. The molecular formula is C15H14F2N2O5S. The molecule has 0 fully saturated rings. The van der Waals surface area contributed by atoms with Crippen LogP contribution in [-0.4, -0.2) is 26.5 Å². The second-order valence-electron chi connectivity index (χ2n) is 4.92. The number of benzene rings is 2. The number of hydrogen-bond acceptors (Lipinski definition) is 5. The molecule has 0 heterocycles. The molecule has 0 radical (unpaired) electrons. The first kappa shape index (κ1) is 18.7. The SMILES string of the molecule is O=[N+]([O-])c1ccc(S(=O)(=O)NCCc2ccc(OC(F)F)cc2)cc1. The topological polar surface area (TPSA) is 98.5 Å². The quantitative estimate of drug-likeness (QED) is 0.567. The monoisotopic (exact) mass is 372 g/mol. The lowest BCUT2D eigenvalue weighted by Gasteiger charge is -2.08. The second-order valence-corrected chi connectivity index (χ2v) is 6.69. The van der Waals surface area contributed by atoms with Crippen LogP contribution in [-0.2, 0) is 16.4 Å². The molecule has 7 nitrogen and oxygen atoms in total. The minimum absolute atomic E-state index is 0.0187. The van der Waals surface area contributed by atoms with Crippen molar-refractivity contribution >= 4 is 15.7 Å². The number of ether oxygens (including phenoxy) is 1. The molecule has 0 amide bonds. The van der Waals surface area contributed by atoms with Gasteiger partial charge in [-0.2, -0.15) is 8.78 Å². The Balaban J connectivity index is 1.92. The number of nitro groups is 1. The highest BCUT2D eigenvalue weighted by atomic mass is 32.2. The highest BCUT2D eigenvalue weighted by molar-refractivity contribution is 7.89. The Bertz CT molecular complexity index is 824. The molecule has 134 valence electrons. The van der Waals surface area contributed by atoms with Gasteiger partial charge in [-0.1, -0.05) is 12.1 Å². The fourth-order valence-electron chi connectivity index (χ4n) is 2.00. The fraction of sp³-hybridized carbons (Fsp3) is 0.200. The smallest absolute Gasteiger partial charge is 0.387 e. The van der Waals surface area contributed by atoms with E-state index in [9.17, 15) is 27.3 Å². The van der Waals surface area contributed by atoms with Gasteiger partial charge < -0.3 is 4.74 Å². The Kier molecular flexibility index (Phi) is 5.99. The van der Waals surface area contributed by atoms with E-state index in [0.717, 1.165) is 29.8 Å². The average Bonchev–Trinajstić information content (AvgIpc) is 2.56. The summed E-state index contributed by atoms with van der Waals surface area (Å²) >= 11 is 0. The van der Waals surface area contributed by atoms with E-state index in [1.807, 2.05) is 0 Å². The normalized spacial score (nSPS) is 11.5. The van der Waals surface area contributed by atoms with Crippen molar-refractivity contribution in [3.63, 3.8) is 0 Å². The Morgan fingerprint density at radius 1 is 1.08 bits per heavy atom. The highest BCUT2D eigenvalue weighted by Crippen LogP contribution is 2.17. The molecule has 0 aliphatic rings. The Morgan fingerprint density at radius 3 is 2.20 bits per heavy atom. The van der Waals surface area contributed by atoms with Gasteiger partial charge in [0.2, 0.25) is 10.0 Å². The van der Waals surface area contributed by atoms with E-state index in [2.05, 4.69) is 9.46 Å². The van der Waals surface area contributed by atoms with Gasteiger partial charge in [0, 0.05) is 18.7 Å². The number of non-ortho nitro benzene ring substituents is 1. The summed E-state index contributed by atoms with van der Waals surface area (Å²) in [5.41, 5.74) is 0.526. The number of alkyl halides is 2. The van der Waals surface area contributed by atoms with E-state index >= 15 is 0 Å². The Morgan fingerprint density at radius 2 is 1.68 bits per heavy atom. The van der Waals surface area contributed by atoms with Crippen LogP contribution in [0, 0.1) is 10.1 Å². The summed E-state index contributed by atoms with van der Waals surface area (Å²) < 4.78 is 54.9. The summed E-state index contributed by atoms with van der Waals surface area (Å²) in [4.78, 5) is 9.86. The van der Waals surface area contributed by atoms with Crippen molar-refractivity contribution in [2.24, 2.45) is 0 Å². The van der Waals surface area contributed by atoms with E-state index in [-0.39, 0.29) is 22.9 Å². The average molecular weight is 372 g/mol. The van der Waals surface area contributed by atoms with Crippen LogP contribution in [0.25, 0.3) is 0 Å². The van der Waals surface area contributed by atoms with Gasteiger partial charge in [0.25, 0.3) is 5.69 Å². The van der Waals surface area contributed by atoms with Crippen LogP contribution in [0.3, 0.4) is 0 Å². The number of nitrogens with one attached hydrogen (secondary N) is 1. The first-order chi connectivity index (χ1) is 11.8. The molecule has 0 bridgehead atoms. The van der Waals surface area contributed by atoms with Gasteiger partial charge in [0.1, 0.15) is 5.75 Å². The minimum Gasteiger partial charge on any atom is -0.435 e. The van der Waals surface area contributed by atoms with E-state index in [0.29, 0.717) is 6.42 Å². The number of nitrogens with zero attached hydrogens (tertiary/aromatic N) is 1. The molecule has 2 aromatic carbocycles. The molecular weight excluding hydrogens is 358 g/mol. The van der Waals surface area contributed by atoms with Crippen LogP contribution in [0.1, 0.15) is 5.56 Å². The third-order valence-electron chi connectivity index (χ3n) is 3.21. The van der Waals surface area contributed by atoms with Crippen molar-refractivity contribution in [2.75, 3.05) is 6.54 Å². The van der Waals surface area contributed by atoms with Crippen molar-refractivity contribution < 1.29 is 26.9 Å². The van der Waals surface area contributed by atoms with Gasteiger partial charge in [-0.15, -0.1) is 0 Å². The van der Waals surface area contributed by atoms with E-state index in [1.54, 1.807) is 12.1 Å². The number of halogens is 2. The van der Waals surface area contributed by atoms with Crippen molar-refractivity contribution in [1.82, 2.24) is 4.72 Å². The number of sulfonamides is 1. The molecule has 1 N–H and O–H groups in total.